The number of nitriles is 1. The highest BCUT2D eigenvalue weighted by atomic mass is 35.5. The van der Waals surface area contributed by atoms with E-state index in [1.54, 1.807) is 18.2 Å². The first-order valence-electron chi connectivity index (χ1n) is 5.40. The first-order chi connectivity index (χ1) is 9.15. The Balaban J connectivity index is 2.42. The minimum absolute atomic E-state index is 0.477. The van der Waals surface area contributed by atoms with Gasteiger partial charge in [0.15, 0.2) is 0 Å². The summed E-state index contributed by atoms with van der Waals surface area (Å²) in [4.78, 5) is 8.10. The van der Waals surface area contributed by atoms with Crippen molar-refractivity contribution in [3.05, 3.63) is 40.7 Å². The molecule has 19 heavy (non-hydrogen) atoms. The number of nitrogen functional groups attached to an aromatic ring is 1. The van der Waals surface area contributed by atoms with Crippen LogP contribution in [0.3, 0.4) is 0 Å². The number of halogens is 1. The van der Waals surface area contributed by atoms with Crippen molar-refractivity contribution in [1.82, 2.24) is 9.97 Å². The third-order valence-corrected chi connectivity index (χ3v) is 2.81. The van der Waals surface area contributed by atoms with Gasteiger partial charge in [-0.2, -0.15) is 5.26 Å². The topological polar surface area (TPSA) is 99.7 Å². The first kappa shape index (κ1) is 13.1. The molecule has 0 saturated carbocycles. The van der Waals surface area contributed by atoms with Crippen LogP contribution in [0, 0.1) is 18.3 Å². The molecule has 1 aromatic carbocycles. The highest BCUT2D eigenvalue weighted by molar-refractivity contribution is 6.30. The normalized spacial score (nSPS) is 9.79. The molecule has 0 atom stereocenters. The van der Waals surface area contributed by atoms with E-state index in [-0.39, 0.29) is 0 Å². The van der Waals surface area contributed by atoms with E-state index >= 15 is 0 Å². The van der Waals surface area contributed by atoms with Crippen molar-refractivity contribution in [3.8, 4) is 6.07 Å². The number of nitrogens with two attached hydrogens (primary N) is 1. The lowest BCUT2D eigenvalue weighted by molar-refractivity contribution is 1.10. The van der Waals surface area contributed by atoms with Crippen LogP contribution in [-0.2, 0) is 0 Å². The summed E-state index contributed by atoms with van der Waals surface area (Å²) in [6.45, 7) is 1.81. The average Bonchev–Trinajstić information content (AvgIpc) is 2.41. The molecule has 0 aliphatic carbocycles. The Hall–Kier alpha value is -2.36. The van der Waals surface area contributed by atoms with Crippen LogP contribution >= 0.6 is 11.6 Å². The quantitative estimate of drug-likeness (QED) is 0.587. The largest absolute Gasteiger partial charge is 0.339 e. The smallest absolute Gasteiger partial charge is 0.148 e. The minimum Gasteiger partial charge on any atom is -0.339 e. The van der Waals surface area contributed by atoms with Crippen LogP contribution in [0.15, 0.2) is 24.5 Å². The number of rotatable bonds is 3. The number of benzene rings is 1. The van der Waals surface area contributed by atoms with Crippen LogP contribution in [0.4, 0.5) is 17.3 Å². The first-order valence-corrected chi connectivity index (χ1v) is 5.78. The van der Waals surface area contributed by atoms with Crippen molar-refractivity contribution >= 4 is 28.9 Å². The summed E-state index contributed by atoms with van der Waals surface area (Å²) in [5.74, 6) is 6.42. The zero-order valence-corrected chi connectivity index (χ0v) is 10.9. The van der Waals surface area contributed by atoms with Crippen LogP contribution in [0.1, 0.15) is 11.1 Å². The minimum atomic E-state index is 0.477. The predicted octanol–water partition coefficient (Wildman–Crippen LogP) is 2.34. The van der Waals surface area contributed by atoms with Crippen molar-refractivity contribution < 1.29 is 0 Å². The fourth-order valence-electron chi connectivity index (χ4n) is 1.57. The second kappa shape index (κ2) is 5.52. The van der Waals surface area contributed by atoms with Gasteiger partial charge in [0.1, 0.15) is 24.0 Å². The molecule has 1 aromatic heterocycles. The average molecular weight is 275 g/mol. The molecular weight excluding hydrogens is 264 g/mol. The maximum atomic E-state index is 9.06. The van der Waals surface area contributed by atoms with Crippen LogP contribution < -0.4 is 16.6 Å². The van der Waals surface area contributed by atoms with E-state index in [4.69, 9.17) is 22.7 Å². The molecule has 0 spiro atoms. The fraction of sp³-hybridized carbons (Fsp3) is 0.0833. The molecule has 0 amide bonds. The summed E-state index contributed by atoms with van der Waals surface area (Å²) < 4.78 is 0. The van der Waals surface area contributed by atoms with Gasteiger partial charge in [-0.1, -0.05) is 11.6 Å². The molecule has 1 heterocycles. The molecule has 0 bridgehead atoms. The number of hydrazine groups is 1. The highest BCUT2D eigenvalue weighted by Crippen LogP contribution is 2.26. The van der Waals surface area contributed by atoms with Crippen LogP contribution in [0.2, 0.25) is 5.02 Å². The van der Waals surface area contributed by atoms with E-state index in [1.807, 2.05) is 6.92 Å². The van der Waals surface area contributed by atoms with Crippen LogP contribution in [0.25, 0.3) is 0 Å². The molecule has 96 valence electrons. The number of nitrogens with zero attached hydrogens (tertiary/aromatic N) is 3. The number of hydrogen-bond donors (Lipinski definition) is 3. The lowest BCUT2D eigenvalue weighted by Crippen LogP contribution is -2.11. The maximum absolute atomic E-state index is 9.06. The van der Waals surface area contributed by atoms with Gasteiger partial charge >= 0.3 is 0 Å². The highest BCUT2D eigenvalue weighted by Gasteiger charge is 2.09. The van der Waals surface area contributed by atoms with Gasteiger partial charge in [0.2, 0.25) is 0 Å². The summed E-state index contributed by atoms with van der Waals surface area (Å²) in [6, 6.07) is 7.05. The molecule has 0 unspecified atom stereocenters. The molecule has 0 fully saturated rings. The van der Waals surface area contributed by atoms with Crippen molar-refractivity contribution in [3.63, 3.8) is 0 Å². The summed E-state index contributed by atoms with van der Waals surface area (Å²) in [5.41, 5.74) is 4.28. The van der Waals surface area contributed by atoms with Gasteiger partial charge in [-0.05, 0) is 25.1 Å². The molecule has 0 saturated heterocycles. The standard InChI is InChI=1S/C12H11ClN6/c1-7-11(16-6-17-12(7)19-15)18-10-4-9(13)3-2-8(10)5-14/h2-4,6H,15H2,1H3,(H2,16,17,18,19). The second-order valence-corrected chi connectivity index (χ2v) is 4.20. The molecule has 4 N–H and O–H groups in total. The van der Waals surface area contributed by atoms with E-state index in [0.29, 0.717) is 27.9 Å². The van der Waals surface area contributed by atoms with Crippen molar-refractivity contribution in [1.29, 1.82) is 5.26 Å². The lowest BCUT2D eigenvalue weighted by atomic mass is 10.2. The van der Waals surface area contributed by atoms with Gasteiger partial charge < -0.3 is 10.7 Å². The van der Waals surface area contributed by atoms with Crippen LogP contribution in [0.5, 0.6) is 0 Å². The monoisotopic (exact) mass is 274 g/mol. The van der Waals surface area contributed by atoms with E-state index in [2.05, 4.69) is 26.8 Å². The van der Waals surface area contributed by atoms with Gasteiger partial charge in [-0.15, -0.1) is 0 Å². The van der Waals surface area contributed by atoms with E-state index in [0.717, 1.165) is 5.56 Å². The molecule has 2 aromatic rings. The van der Waals surface area contributed by atoms with Crippen molar-refractivity contribution in [2.45, 2.75) is 6.92 Å². The van der Waals surface area contributed by atoms with Gasteiger partial charge in [-0.3, -0.25) is 0 Å². The van der Waals surface area contributed by atoms with Crippen molar-refractivity contribution in [2.75, 3.05) is 10.7 Å². The summed E-state index contributed by atoms with van der Waals surface area (Å²) in [6.07, 6.45) is 1.38. The number of hydrogen-bond acceptors (Lipinski definition) is 6. The Morgan fingerprint density at radius 2 is 2.05 bits per heavy atom. The van der Waals surface area contributed by atoms with E-state index in [1.165, 1.54) is 6.33 Å². The van der Waals surface area contributed by atoms with E-state index in [9.17, 15) is 0 Å². The van der Waals surface area contributed by atoms with Gasteiger partial charge in [0.05, 0.1) is 11.3 Å². The fourth-order valence-corrected chi connectivity index (χ4v) is 1.74. The lowest BCUT2D eigenvalue weighted by Gasteiger charge is -2.12. The van der Waals surface area contributed by atoms with Gasteiger partial charge in [0, 0.05) is 10.6 Å². The van der Waals surface area contributed by atoms with Crippen molar-refractivity contribution in [2.24, 2.45) is 5.84 Å². The Morgan fingerprint density at radius 1 is 1.32 bits per heavy atom. The molecule has 7 heteroatoms. The maximum Gasteiger partial charge on any atom is 0.148 e. The predicted molar refractivity (Wildman–Crippen MR) is 74.0 cm³/mol. The Morgan fingerprint density at radius 3 is 2.74 bits per heavy atom. The Bertz CT molecular complexity index is 649. The third kappa shape index (κ3) is 2.73. The Kier molecular flexibility index (Phi) is 3.80. The molecule has 0 radical (unpaired) electrons. The third-order valence-electron chi connectivity index (χ3n) is 2.58. The van der Waals surface area contributed by atoms with Crippen LogP contribution in [-0.4, -0.2) is 9.97 Å². The number of aromatic nitrogens is 2. The zero-order chi connectivity index (χ0) is 13.8. The van der Waals surface area contributed by atoms with Gasteiger partial charge in [0.25, 0.3) is 0 Å². The number of nitrogens with one attached hydrogen (secondary N) is 2. The summed E-state index contributed by atoms with van der Waals surface area (Å²) in [5, 5.41) is 12.6. The molecule has 0 aliphatic rings. The SMILES string of the molecule is Cc1c(NN)ncnc1Nc1cc(Cl)ccc1C#N. The molecular formula is C12H11ClN6. The summed E-state index contributed by atoms with van der Waals surface area (Å²) in [7, 11) is 0. The molecule has 2 rings (SSSR count). The summed E-state index contributed by atoms with van der Waals surface area (Å²) >= 11 is 5.92. The zero-order valence-electron chi connectivity index (χ0n) is 10.1. The van der Waals surface area contributed by atoms with E-state index < -0.39 is 0 Å². The Labute approximate surface area is 115 Å². The van der Waals surface area contributed by atoms with Gasteiger partial charge in [-0.25, -0.2) is 15.8 Å². The second-order valence-electron chi connectivity index (χ2n) is 3.77. The number of anilines is 3. The molecule has 0 aliphatic heterocycles. The molecule has 6 nitrogen and oxygen atoms in total.